The second-order valence-electron chi connectivity index (χ2n) is 3.87. The van der Waals surface area contributed by atoms with Crippen molar-refractivity contribution in [3.63, 3.8) is 0 Å². The highest BCUT2D eigenvalue weighted by atomic mass is 32.2. The lowest BCUT2D eigenvalue weighted by atomic mass is 10.2. The van der Waals surface area contributed by atoms with Crippen LogP contribution in [0.5, 0.6) is 0 Å². The van der Waals surface area contributed by atoms with E-state index in [1.165, 1.54) is 0 Å². The maximum absolute atomic E-state index is 5.75. The monoisotopic (exact) mass is 225 g/mol. The Kier molecular flexibility index (Phi) is 5.08. The van der Waals surface area contributed by atoms with E-state index < -0.39 is 0 Å². The van der Waals surface area contributed by atoms with E-state index in [1.807, 2.05) is 19.2 Å². The van der Waals surface area contributed by atoms with Crippen molar-refractivity contribution in [3.8, 4) is 0 Å². The van der Waals surface area contributed by atoms with Gasteiger partial charge in [-0.2, -0.15) is 0 Å². The summed E-state index contributed by atoms with van der Waals surface area (Å²) in [6, 6.07) is 4.16. The van der Waals surface area contributed by atoms with Gasteiger partial charge >= 0.3 is 0 Å². The average Bonchev–Trinajstić information content (AvgIpc) is 2.18. The topological polar surface area (TPSA) is 42.1 Å². The van der Waals surface area contributed by atoms with E-state index in [9.17, 15) is 0 Å². The van der Waals surface area contributed by atoms with Crippen LogP contribution in [-0.4, -0.2) is 36.3 Å². The molecule has 0 aliphatic rings. The minimum atomic E-state index is 0.0679. The summed E-state index contributed by atoms with van der Waals surface area (Å²) in [6.07, 6.45) is 1.86. The lowest BCUT2D eigenvalue weighted by Crippen LogP contribution is -2.14. The van der Waals surface area contributed by atoms with Crippen LogP contribution in [0.15, 0.2) is 23.4 Å². The molecule has 0 saturated heterocycles. The third-order valence-corrected chi connectivity index (χ3v) is 3.00. The Morgan fingerprint density at radius 3 is 2.67 bits per heavy atom. The SMILES string of the molecule is C[C@@H](N)c1ccc(SCCN(C)C)nc1. The van der Waals surface area contributed by atoms with Gasteiger partial charge in [0.15, 0.2) is 0 Å². The molecule has 0 aromatic carbocycles. The van der Waals surface area contributed by atoms with E-state index in [0.29, 0.717) is 0 Å². The number of hydrogen-bond acceptors (Lipinski definition) is 4. The molecule has 1 atom stereocenters. The summed E-state index contributed by atoms with van der Waals surface area (Å²) in [4.78, 5) is 6.53. The molecule has 0 unspecified atom stereocenters. The van der Waals surface area contributed by atoms with Gasteiger partial charge in [-0.05, 0) is 32.6 Å². The van der Waals surface area contributed by atoms with E-state index >= 15 is 0 Å². The largest absolute Gasteiger partial charge is 0.324 e. The number of pyridine rings is 1. The molecular formula is C11H19N3S. The summed E-state index contributed by atoms with van der Waals surface area (Å²) < 4.78 is 0. The van der Waals surface area contributed by atoms with Crippen LogP contribution >= 0.6 is 11.8 Å². The van der Waals surface area contributed by atoms with E-state index in [0.717, 1.165) is 22.9 Å². The smallest absolute Gasteiger partial charge is 0.0960 e. The van der Waals surface area contributed by atoms with Crippen molar-refractivity contribution in [1.29, 1.82) is 0 Å². The Bertz CT molecular complexity index is 282. The van der Waals surface area contributed by atoms with Crippen molar-refractivity contribution in [2.24, 2.45) is 5.73 Å². The summed E-state index contributed by atoms with van der Waals surface area (Å²) in [5.41, 5.74) is 6.84. The minimum Gasteiger partial charge on any atom is -0.324 e. The number of nitrogens with two attached hydrogens (primary N) is 1. The molecule has 0 aliphatic carbocycles. The summed E-state index contributed by atoms with van der Waals surface area (Å²) in [5, 5.41) is 1.07. The number of nitrogens with zero attached hydrogens (tertiary/aromatic N) is 2. The molecule has 0 fully saturated rings. The zero-order chi connectivity index (χ0) is 11.3. The Morgan fingerprint density at radius 1 is 1.47 bits per heavy atom. The molecule has 1 aromatic rings. The first-order valence-electron chi connectivity index (χ1n) is 5.08. The normalized spacial score (nSPS) is 13.1. The molecule has 1 aromatic heterocycles. The first-order chi connectivity index (χ1) is 7.09. The van der Waals surface area contributed by atoms with Gasteiger partial charge in [-0.1, -0.05) is 6.07 Å². The molecule has 0 amide bonds. The van der Waals surface area contributed by atoms with Crippen molar-refractivity contribution in [1.82, 2.24) is 9.88 Å². The molecule has 0 aliphatic heterocycles. The van der Waals surface area contributed by atoms with Crippen LogP contribution in [0.2, 0.25) is 0 Å². The van der Waals surface area contributed by atoms with Gasteiger partial charge < -0.3 is 10.6 Å². The van der Waals surface area contributed by atoms with Gasteiger partial charge in [0.05, 0.1) is 5.03 Å². The highest BCUT2D eigenvalue weighted by Gasteiger charge is 2.00. The highest BCUT2D eigenvalue weighted by molar-refractivity contribution is 7.99. The Morgan fingerprint density at radius 2 is 2.20 bits per heavy atom. The van der Waals surface area contributed by atoms with Crippen LogP contribution in [0, 0.1) is 0 Å². The predicted molar refractivity (Wildman–Crippen MR) is 66.1 cm³/mol. The molecule has 2 N–H and O–H groups in total. The van der Waals surface area contributed by atoms with E-state index in [1.54, 1.807) is 11.8 Å². The number of thioether (sulfide) groups is 1. The molecule has 3 nitrogen and oxygen atoms in total. The van der Waals surface area contributed by atoms with Gasteiger partial charge in [0.2, 0.25) is 0 Å². The van der Waals surface area contributed by atoms with Crippen molar-refractivity contribution in [3.05, 3.63) is 23.9 Å². The van der Waals surface area contributed by atoms with Crippen molar-refractivity contribution in [2.45, 2.75) is 18.0 Å². The van der Waals surface area contributed by atoms with Gasteiger partial charge in [-0.3, -0.25) is 0 Å². The Hall–Kier alpha value is -0.580. The number of rotatable bonds is 5. The number of aromatic nitrogens is 1. The van der Waals surface area contributed by atoms with Crippen LogP contribution in [0.3, 0.4) is 0 Å². The highest BCUT2D eigenvalue weighted by Crippen LogP contribution is 2.16. The third-order valence-electron chi connectivity index (χ3n) is 2.07. The van der Waals surface area contributed by atoms with Gasteiger partial charge in [-0.15, -0.1) is 11.8 Å². The molecule has 1 heterocycles. The molecule has 15 heavy (non-hydrogen) atoms. The van der Waals surface area contributed by atoms with Gasteiger partial charge in [-0.25, -0.2) is 4.98 Å². The minimum absolute atomic E-state index is 0.0679. The van der Waals surface area contributed by atoms with Crippen LogP contribution in [0.1, 0.15) is 18.5 Å². The molecule has 4 heteroatoms. The van der Waals surface area contributed by atoms with Crippen LogP contribution in [0.25, 0.3) is 0 Å². The van der Waals surface area contributed by atoms with E-state index in [4.69, 9.17) is 5.73 Å². The van der Waals surface area contributed by atoms with Crippen LogP contribution in [-0.2, 0) is 0 Å². The zero-order valence-electron chi connectivity index (χ0n) is 9.60. The first-order valence-corrected chi connectivity index (χ1v) is 6.07. The maximum atomic E-state index is 5.75. The average molecular weight is 225 g/mol. The fraction of sp³-hybridized carbons (Fsp3) is 0.545. The molecule has 0 spiro atoms. The van der Waals surface area contributed by atoms with Crippen molar-refractivity contribution < 1.29 is 0 Å². The Balaban J connectivity index is 2.43. The molecule has 0 bridgehead atoms. The second kappa shape index (κ2) is 6.10. The van der Waals surface area contributed by atoms with Crippen LogP contribution < -0.4 is 5.73 Å². The quantitative estimate of drug-likeness (QED) is 0.775. The van der Waals surface area contributed by atoms with Gasteiger partial charge in [0, 0.05) is 24.5 Å². The predicted octanol–water partition coefficient (Wildman–Crippen LogP) is 1.76. The third kappa shape index (κ3) is 4.64. The first kappa shape index (κ1) is 12.5. The fourth-order valence-corrected chi connectivity index (χ4v) is 2.04. The van der Waals surface area contributed by atoms with E-state index in [-0.39, 0.29) is 6.04 Å². The van der Waals surface area contributed by atoms with Gasteiger partial charge in [0.25, 0.3) is 0 Å². The molecule has 0 radical (unpaired) electrons. The van der Waals surface area contributed by atoms with E-state index in [2.05, 4.69) is 30.0 Å². The molecular weight excluding hydrogens is 206 g/mol. The van der Waals surface area contributed by atoms with Gasteiger partial charge in [0.1, 0.15) is 0 Å². The molecule has 0 saturated carbocycles. The summed E-state index contributed by atoms with van der Waals surface area (Å²) in [7, 11) is 4.15. The fourth-order valence-electron chi connectivity index (χ4n) is 1.08. The molecule has 84 valence electrons. The van der Waals surface area contributed by atoms with Crippen molar-refractivity contribution in [2.75, 3.05) is 26.4 Å². The molecule has 1 rings (SSSR count). The van der Waals surface area contributed by atoms with Crippen LogP contribution in [0.4, 0.5) is 0 Å². The van der Waals surface area contributed by atoms with Crippen molar-refractivity contribution >= 4 is 11.8 Å². The maximum Gasteiger partial charge on any atom is 0.0960 e. The zero-order valence-corrected chi connectivity index (χ0v) is 10.4. The lowest BCUT2D eigenvalue weighted by Gasteiger charge is -2.09. The lowest BCUT2D eigenvalue weighted by molar-refractivity contribution is 0.437. The standard InChI is InChI=1S/C11H19N3S/c1-9(12)10-4-5-11(13-8-10)15-7-6-14(2)3/h4-5,8-9H,6-7,12H2,1-3H3/t9-/m1/s1. The number of hydrogen-bond donors (Lipinski definition) is 1. The second-order valence-corrected chi connectivity index (χ2v) is 4.99. The summed E-state index contributed by atoms with van der Waals surface area (Å²) >= 11 is 1.78. The summed E-state index contributed by atoms with van der Waals surface area (Å²) in [5.74, 6) is 1.07. The Labute approximate surface area is 96.1 Å². The summed E-state index contributed by atoms with van der Waals surface area (Å²) in [6.45, 7) is 3.04.